The largest absolute Gasteiger partial charge is 0.491 e. The quantitative estimate of drug-likeness (QED) is 0.817. The summed E-state index contributed by atoms with van der Waals surface area (Å²) in [7, 11) is 0. The Labute approximate surface area is 141 Å². The van der Waals surface area contributed by atoms with Gasteiger partial charge in [-0.25, -0.2) is 4.79 Å². The van der Waals surface area contributed by atoms with Crippen molar-refractivity contribution in [3.63, 3.8) is 0 Å². The van der Waals surface area contributed by atoms with Gasteiger partial charge in [-0.05, 0) is 43.2 Å². The number of carbonyl (C=O) groups is 2. The Bertz CT molecular complexity index is 682. The highest BCUT2D eigenvalue weighted by atomic mass is 16.5. The maximum absolute atomic E-state index is 12.3. The molecule has 24 heavy (non-hydrogen) atoms. The van der Waals surface area contributed by atoms with E-state index in [2.05, 4.69) is 5.32 Å². The van der Waals surface area contributed by atoms with Gasteiger partial charge in [0.1, 0.15) is 5.75 Å². The minimum atomic E-state index is -1.11. The third-order valence-electron chi connectivity index (χ3n) is 3.68. The fraction of sp³-hybridized carbons (Fsp3) is 0.263. The highest BCUT2D eigenvalue weighted by Gasteiger charge is 2.22. The smallest absolute Gasteiger partial charge is 0.330 e. The average molecular weight is 327 g/mol. The van der Waals surface area contributed by atoms with E-state index >= 15 is 0 Å². The molecule has 0 aliphatic carbocycles. The first-order valence-corrected chi connectivity index (χ1v) is 7.86. The Morgan fingerprint density at radius 3 is 2.25 bits per heavy atom. The SMILES string of the molecule is CCC(C)Oc1ccc(C(=O)N[C@H](C(=O)O)c2ccccc2)cc1. The molecule has 0 aliphatic heterocycles. The number of amides is 1. The second-order valence-corrected chi connectivity index (χ2v) is 5.52. The van der Waals surface area contributed by atoms with Gasteiger partial charge in [0.05, 0.1) is 6.10 Å². The monoisotopic (exact) mass is 327 g/mol. The van der Waals surface area contributed by atoms with Crippen molar-refractivity contribution in [2.24, 2.45) is 0 Å². The van der Waals surface area contributed by atoms with Gasteiger partial charge in [0.25, 0.3) is 5.91 Å². The van der Waals surface area contributed by atoms with Crippen LogP contribution < -0.4 is 10.1 Å². The van der Waals surface area contributed by atoms with Crippen molar-refractivity contribution < 1.29 is 19.4 Å². The fourth-order valence-corrected chi connectivity index (χ4v) is 2.15. The number of benzene rings is 2. The fourth-order valence-electron chi connectivity index (χ4n) is 2.15. The molecule has 5 nitrogen and oxygen atoms in total. The van der Waals surface area contributed by atoms with Gasteiger partial charge in [0.2, 0.25) is 0 Å². The first kappa shape index (κ1) is 17.5. The van der Waals surface area contributed by atoms with Crippen LogP contribution in [0.15, 0.2) is 54.6 Å². The molecule has 2 aromatic rings. The number of rotatable bonds is 7. The van der Waals surface area contributed by atoms with E-state index in [-0.39, 0.29) is 6.10 Å². The molecular formula is C19H21NO4. The summed E-state index contributed by atoms with van der Waals surface area (Å²) in [5, 5.41) is 11.9. The van der Waals surface area contributed by atoms with E-state index in [0.29, 0.717) is 16.9 Å². The number of nitrogens with one attached hydrogen (secondary N) is 1. The van der Waals surface area contributed by atoms with E-state index in [1.54, 1.807) is 54.6 Å². The van der Waals surface area contributed by atoms with E-state index in [1.807, 2.05) is 13.8 Å². The summed E-state index contributed by atoms with van der Waals surface area (Å²) >= 11 is 0. The van der Waals surface area contributed by atoms with E-state index < -0.39 is 17.9 Å². The third kappa shape index (κ3) is 4.59. The predicted molar refractivity (Wildman–Crippen MR) is 91.1 cm³/mol. The molecule has 2 N–H and O–H groups in total. The van der Waals surface area contributed by atoms with Crippen molar-refractivity contribution in [1.29, 1.82) is 0 Å². The topological polar surface area (TPSA) is 75.6 Å². The zero-order chi connectivity index (χ0) is 17.5. The van der Waals surface area contributed by atoms with Crippen LogP contribution >= 0.6 is 0 Å². The molecule has 0 heterocycles. The minimum absolute atomic E-state index is 0.0964. The molecule has 2 rings (SSSR count). The summed E-state index contributed by atoms with van der Waals surface area (Å²) in [6.07, 6.45) is 0.985. The molecule has 0 aromatic heterocycles. The van der Waals surface area contributed by atoms with Crippen LogP contribution in [0.2, 0.25) is 0 Å². The van der Waals surface area contributed by atoms with Gasteiger partial charge in [-0.2, -0.15) is 0 Å². The summed E-state index contributed by atoms with van der Waals surface area (Å²) in [5.74, 6) is -0.869. The van der Waals surface area contributed by atoms with Crippen molar-refractivity contribution in [2.45, 2.75) is 32.4 Å². The highest BCUT2D eigenvalue weighted by Crippen LogP contribution is 2.17. The molecule has 5 heteroatoms. The van der Waals surface area contributed by atoms with Gasteiger partial charge in [0.15, 0.2) is 6.04 Å². The number of hydrogen-bond acceptors (Lipinski definition) is 3. The lowest BCUT2D eigenvalue weighted by Gasteiger charge is -2.16. The molecule has 126 valence electrons. The molecule has 0 saturated heterocycles. The van der Waals surface area contributed by atoms with Crippen LogP contribution in [0.3, 0.4) is 0 Å². The molecule has 1 unspecified atom stereocenters. The van der Waals surface area contributed by atoms with Crippen molar-refractivity contribution in [1.82, 2.24) is 5.32 Å². The first-order chi connectivity index (χ1) is 11.5. The van der Waals surface area contributed by atoms with Crippen LogP contribution in [0.25, 0.3) is 0 Å². The normalized spacial score (nSPS) is 12.9. The zero-order valence-corrected chi connectivity index (χ0v) is 13.7. The second-order valence-electron chi connectivity index (χ2n) is 5.52. The van der Waals surface area contributed by atoms with Crippen molar-refractivity contribution in [2.75, 3.05) is 0 Å². The first-order valence-electron chi connectivity index (χ1n) is 7.86. The molecule has 0 bridgehead atoms. The lowest BCUT2D eigenvalue weighted by Crippen LogP contribution is -2.33. The molecular weight excluding hydrogens is 306 g/mol. The minimum Gasteiger partial charge on any atom is -0.491 e. The number of carboxylic acids is 1. The van der Waals surface area contributed by atoms with Crippen LogP contribution in [0.5, 0.6) is 5.75 Å². The summed E-state index contributed by atoms with van der Waals surface area (Å²) in [6, 6.07) is 14.2. The summed E-state index contributed by atoms with van der Waals surface area (Å²) < 4.78 is 5.66. The van der Waals surface area contributed by atoms with Crippen LogP contribution in [-0.2, 0) is 4.79 Å². The predicted octanol–water partition coefficient (Wildman–Crippen LogP) is 3.42. The molecule has 0 aliphatic rings. The standard InChI is InChI=1S/C19H21NO4/c1-3-13(2)24-16-11-9-15(10-12-16)18(21)20-17(19(22)23)14-7-5-4-6-8-14/h4-13,17H,3H2,1-2H3,(H,20,21)(H,22,23)/t13?,17-/m0/s1. The van der Waals surface area contributed by atoms with Gasteiger partial charge in [-0.3, -0.25) is 4.79 Å². The maximum atomic E-state index is 12.3. The lowest BCUT2D eigenvalue weighted by atomic mass is 10.1. The number of aliphatic carboxylic acids is 1. The summed E-state index contributed by atoms with van der Waals surface area (Å²) in [5.41, 5.74) is 0.906. The van der Waals surface area contributed by atoms with Gasteiger partial charge < -0.3 is 15.2 Å². The molecule has 2 aromatic carbocycles. The Balaban J connectivity index is 2.09. The molecule has 1 amide bonds. The van der Waals surface area contributed by atoms with E-state index in [9.17, 15) is 14.7 Å². The summed E-state index contributed by atoms with van der Waals surface area (Å²) in [4.78, 5) is 23.7. The molecule has 0 spiro atoms. The molecule has 0 saturated carbocycles. The molecule has 0 fully saturated rings. The Hall–Kier alpha value is -2.82. The van der Waals surface area contributed by atoms with Gasteiger partial charge in [-0.1, -0.05) is 37.3 Å². The van der Waals surface area contributed by atoms with Crippen LogP contribution in [0.1, 0.15) is 42.2 Å². The Morgan fingerprint density at radius 1 is 1.08 bits per heavy atom. The zero-order valence-electron chi connectivity index (χ0n) is 13.7. The average Bonchev–Trinajstić information content (AvgIpc) is 2.60. The van der Waals surface area contributed by atoms with Gasteiger partial charge >= 0.3 is 5.97 Å². The van der Waals surface area contributed by atoms with Crippen LogP contribution in [0, 0.1) is 0 Å². The van der Waals surface area contributed by atoms with E-state index in [1.165, 1.54) is 0 Å². The Kier molecular flexibility index (Phi) is 5.95. The number of carboxylic acid groups (broad SMARTS) is 1. The second kappa shape index (κ2) is 8.15. The van der Waals surface area contributed by atoms with E-state index in [0.717, 1.165) is 6.42 Å². The van der Waals surface area contributed by atoms with Crippen LogP contribution in [-0.4, -0.2) is 23.1 Å². The molecule has 2 atom stereocenters. The van der Waals surface area contributed by atoms with E-state index in [4.69, 9.17) is 4.74 Å². The van der Waals surface area contributed by atoms with Crippen molar-refractivity contribution >= 4 is 11.9 Å². The van der Waals surface area contributed by atoms with Gasteiger partial charge in [-0.15, -0.1) is 0 Å². The molecule has 0 radical (unpaired) electrons. The summed E-state index contributed by atoms with van der Waals surface area (Å²) in [6.45, 7) is 4.00. The van der Waals surface area contributed by atoms with Crippen LogP contribution in [0.4, 0.5) is 0 Å². The lowest BCUT2D eigenvalue weighted by molar-refractivity contribution is -0.139. The Morgan fingerprint density at radius 2 is 1.71 bits per heavy atom. The third-order valence-corrected chi connectivity index (χ3v) is 3.68. The van der Waals surface area contributed by atoms with Gasteiger partial charge in [0, 0.05) is 5.56 Å². The number of ether oxygens (including phenoxy) is 1. The number of hydrogen-bond donors (Lipinski definition) is 2. The maximum Gasteiger partial charge on any atom is 0.330 e. The van der Waals surface area contributed by atoms with Crippen molar-refractivity contribution in [3.8, 4) is 5.75 Å². The number of carbonyl (C=O) groups excluding carboxylic acids is 1. The highest BCUT2D eigenvalue weighted by molar-refractivity contribution is 5.96. The van der Waals surface area contributed by atoms with Crippen molar-refractivity contribution in [3.05, 3.63) is 65.7 Å².